The van der Waals surface area contributed by atoms with E-state index in [1.807, 2.05) is 4.90 Å². The monoisotopic (exact) mass is 240 g/mol. The fourth-order valence-corrected chi connectivity index (χ4v) is 3.14. The second-order valence-electron chi connectivity index (χ2n) is 5.55. The van der Waals surface area contributed by atoms with E-state index in [1.165, 1.54) is 0 Å². The zero-order valence-electron chi connectivity index (χ0n) is 10.5. The van der Waals surface area contributed by atoms with Crippen molar-refractivity contribution in [3.63, 3.8) is 0 Å². The fraction of sp³-hybridized carbons (Fsp3) is 0.923. The summed E-state index contributed by atoms with van der Waals surface area (Å²) in [6, 6.07) is -0.00831. The van der Waals surface area contributed by atoms with Crippen LogP contribution in [0.3, 0.4) is 0 Å². The van der Waals surface area contributed by atoms with E-state index in [4.69, 9.17) is 5.73 Å². The van der Waals surface area contributed by atoms with E-state index in [0.717, 1.165) is 57.9 Å². The molecule has 1 aliphatic carbocycles. The van der Waals surface area contributed by atoms with Crippen LogP contribution >= 0.6 is 0 Å². The minimum absolute atomic E-state index is 0.00831. The summed E-state index contributed by atoms with van der Waals surface area (Å²) < 4.78 is 0. The Bertz CT molecular complexity index is 275. The SMILES string of the molecule is NC1(C(=O)N2CCCCCC2CO)CCCC1. The summed E-state index contributed by atoms with van der Waals surface area (Å²) >= 11 is 0. The number of carbonyl (C=O) groups excluding carboxylic acids is 1. The number of aliphatic hydroxyl groups excluding tert-OH is 1. The van der Waals surface area contributed by atoms with Crippen LogP contribution in [-0.2, 0) is 4.79 Å². The standard InChI is InChI=1S/C13H24N2O2/c14-13(7-3-4-8-13)12(17)15-9-5-1-2-6-11(15)10-16/h11,16H,1-10,14H2. The first-order valence-electron chi connectivity index (χ1n) is 6.88. The number of nitrogens with two attached hydrogens (primary N) is 1. The van der Waals surface area contributed by atoms with Gasteiger partial charge in [-0.3, -0.25) is 4.79 Å². The van der Waals surface area contributed by atoms with Crippen molar-refractivity contribution < 1.29 is 9.90 Å². The van der Waals surface area contributed by atoms with Crippen LogP contribution in [0.15, 0.2) is 0 Å². The van der Waals surface area contributed by atoms with Crippen LogP contribution in [0.4, 0.5) is 0 Å². The first-order chi connectivity index (χ1) is 8.17. The zero-order valence-corrected chi connectivity index (χ0v) is 10.5. The molecule has 2 rings (SSSR count). The van der Waals surface area contributed by atoms with E-state index in [0.29, 0.717) is 0 Å². The van der Waals surface area contributed by atoms with Crippen molar-refractivity contribution in [3.05, 3.63) is 0 Å². The lowest BCUT2D eigenvalue weighted by atomic mass is 9.96. The quantitative estimate of drug-likeness (QED) is 0.757. The maximum Gasteiger partial charge on any atom is 0.242 e. The Kier molecular flexibility index (Phi) is 4.05. The molecule has 98 valence electrons. The van der Waals surface area contributed by atoms with Gasteiger partial charge < -0.3 is 15.7 Å². The van der Waals surface area contributed by atoms with E-state index in [9.17, 15) is 9.90 Å². The summed E-state index contributed by atoms with van der Waals surface area (Å²) in [5.74, 6) is 0.0796. The third kappa shape index (κ3) is 2.63. The lowest BCUT2D eigenvalue weighted by Gasteiger charge is -2.35. The molecule has 4 heteroatoms. The molecular formula is C13H24N2O2. The van der Waals surface area contributed by atoms with Gasteiger partial charge in [0.05, 0.1) is 18.2 Å². The van der Waals surface area contributed by atoms with Gasteiger partial charge in [-0.15, -0.1) is 0 Å². The number of likely N-dealkylation sites (tertiary alicyclic amines) is 1. The minimum atomic E-state index is -0.641. The van der Waals surface area contributed by atoms with Crippen molar-refractivity contribution in [1.82, 2.24) is 4.90 Å². The van der Waals surface area contributed by atoms with Gasteiger partial charge in [-0.05, 0) is 25.7 Å². The number of amides is 1. The molecule has 0 radical (unpaired) electrons. The summed E-state index contributed by atoms with van der Waals surface area (Å²) in [4.78, 5) is 14.4. The van der Waals surface area contributed by atoms with Crippen molar-refractivity contribution >= 4 is 5.91 Å². The summed E-state index contributed by atoms with van der Waals surface area (Å²) in [5, 5.41) is 9.43. The Labute approximate surface area is 103 Å². The van der Waals surface area contributed by atoms with Crippen molar-refractivity contribution in [1.29, 1.82) is 0 Å². The van der Waals surface area contributed by atoms with E-state index in [1.54, 1.807) is 0 Å². The molecule has 1 aliphatic heterocycles. The Balaban J connectivity index is 2.09. The Hall–Kier alpha value is -0.610. The van der Waals surface area contributed by atoms with Gasteiger partial charge in [0.1, 0.15) is 0 Å². The predicted octanol–water partition coefficient (Wildman–Crippen LogP) is 1.02. The third-order valence-electron chi connectivity index (χ3n) is 4.27. The van der Waals surface area contributed by atoms with Crippen LogP contribution in [0.1, 0.15) is 51.4 Å². The largest absolute Gasteiger partial charge is 0.394 e. The Morgan fingerprint density at radius 1 is 1.24 bits per heavy atom. The van der Waals surface area contributed by atoms with Gasteiger partial charge in [-0.2, -0.15) is 0 Å². The first kappa shape index (κ1) is 12.8. The molecule has 1 heterocycles. The highest BCUT2D eigenvalue weighted by atomic mass is 16.3. The van der Waals surface area contributed by atoms with Crippen LogP contribution in [0.5, 0.6) is 0 Å². The lowest BCUT2D eigenvalue weighted by molar-refractivity contribution is -0.140. The molecule has 2 aliphatic rings. The second kappa shape index (κ2) is 5.36. The molecule has 0 aromatic heterocycles. The molecule has 4 nitrogen and oxygen atoms in total. The number of aliphatic hydroxyl groups is 1. The van der Waals surface area contributed by atoms with Crippen molar-refractivity contribution in [3.8, 4) is 0 Å². The maximum atomic E-state index is 12.5. The first-order valence-corrected chi connectivity index (χ1v) is 6.88. The normalized spacial score (nSPS) is 29.1. The number of rotatable bonds is 2. The Morgan fingerprint density at radius 2 is 1.94 bits per heavy atom. The summed E-state index contributed by atoms with van der Waals surface area (Å²) in [6.07, 6.45) is 7.93. The van der Waals surface area contributed by atoms with E-state index in [-0.39, 0.29) is 18.6 Å². The number of carbonyl (C=O) groups is 1. The molecule has 1 saturated heterocycles. The van der Waals surface area contributed by atoms with E-state index < -0.39 is 5.54 Å². The number of hydrogen-bond donors (Lipinski definition) is 2. The highest BCUT2D eigenvalue weighted by Gasteiger charge is 2.41. The Morgan fingerprint density at radius 3 is 2.59 bits per heavy atom. The molecular weight excluding hydrogens is 216 g/mol. The fourth-order valence-electron chi connectivity index (χ4n) is 3.14. The molecule has 0 spiro atoms. The number of hydrogen-bond acceptors (Lipinski definition) is 3. The lowest BCUT2D eigenvalue weighted by Crippen LogP contribution is -2.57. The van der Waals surface area contributed by atoms with E-state index >= 15 is 0 Å². The molecule has 0 aromatic carbocycles. The molecule has 2 fully saturated rings. The number of nitrogens with zero attached hydrogens (tertiary/aromatic N) is 1. The van der Waals surface area contributed by atoms with Crippen LogP contribution in [0.2, 0.25) is 0 Å². The average molecular weight is 240 g/mol. The van der Waals surface area contributed by atoms with Crippen molar-refractivity contribution in [2.24, 2.45) is 5.73 Å². The average Bonchev–Trinajstić information content (AvgIpc) is 2.65. The van der Waals surface area contributed by atoms with Gasteiger partial charge in [0, 0.05) is 6.54 Å². The molecule has 1 amide bonds. The second-order valence-corrected chi connectivity index (χ2v) is 5.55. The minimum Gasteiger partial charge on any atom is -0.394 e. The molecule has 1 saturated carbocycles. The van der Waals surface area contributed by atoms with Gasteiger partial charge in [-0.25, -0.2) is 0 Å². The van der Waals surface area contributed by atoms with Crippen LogP contribution in [0, 0.1) is 0 Å². The molecule has 0 aromatic rings. The molecule has 3 N–H and O–H groups in total. The van der Waals surface area contributed by atoms with Gasteiger partial charge in [0.15, 0.2) is 0 Å². The topological polar surface area (TPSA) is 66.6 Å². The summed E-state index contributed by atoms with van der Waals surface area (Å²) in [7, 11) is 0. The van der Waals surface area contributed by atoms with Gasteiger partial charge >= 0.3 is 0 Å². The van der Waals surface area contributed by atoms with Gasteiger partial charge in [-0.1, -0.05) is 25.7 Å². The molecule has 1 unspecified atom stereocenters. The van der Waals surface area contributed by atoms with Crippen LogP contribution < -0.4 is 5.73 Å². The van der Waals surface area contributed by atoms with Crippen LogP contribution in [-0.4, -0.2) is 40.6 Å². The van der Waals surface area contributed by atoms with Gasteiger partial charge in [0.25, 0.3) is 0 Å². The third-order valence-corrected chi connectivity index (χ3v) is 4.27. The van der Waals surface area contributed by atoms with Crippen molar-refractivity contribution in [2.75, 3.05) is 13.2 Å². The summed E-state index contributed by atoms with van der Waals surface area (Å²) in [5.41, 5.74) is 5.59. The highest BCUT2D eigenvalue weighted by Crippen LogP contribution is 2.31. The predicted molar refractivity (Wildman–Crippen MR) is 66.4 cm³/mol. The van der Waals surface area contributed by atoms with Crippen molar-refractivity contribution in [2.45, 2.75) is 62.9 Å². The maximum absolute atomic E-state index is 12.5. The zero-order chi connectivity index (χ0) is 12.3. The van der Waals surface area contributed by atoms with Crippen LogP contribution in [0.25, 0.3) is 0 Å². The smallest absolute Gasteiger partial charge is 0.242 e. The molecule has 1 atom stereocenters. The highest BCUT2D eigenvalue weighted by molar-refractivity contribution is 5.86. The molecule has 0 bridgehead atoms. The summed E-state index contributed by atoms with van der Waals surface area (Å²) in [6.45, 7) is 0.838. The van der Waals surface area contributed by atoms with E-state index in [2.05, 4.69) is 0 Å². The van der Waals surface area contributed by atoms with Gasteiger partial charge in [0.2, 0.25) is 5.91 Å². The molecule has 17 heavy (non-hydrogen) atoms.